The lowest BCUT2D eigenvalue weighted by Gasteiger charge is -2.02. The summed E-state index contributed by atoms with van der Waals surface area (Å²) in [6, 6.07) is 1.53. The van der Waals surface area contributed by atoms with Crippen LogP contribution in [0.4, 0.5) is 0 Å². The second-order valence-electron chi connectivity index (χ2n) is 3.32. The number of rotatable bonds is 5. The number of hydrogen-bond acceptors (Lipinski definition) is 3. The number of aromatic amines is 1. The first-order chi connectivity index (χ1) is 6.76. The monoisotopic (exact) mass is 195 g/mol. The Morgan fingerprint density at radius 2 is 2.36 bits per heavy atom. The molecule has 0 aliphatic rings. The van der Waals surface area contributed by atoms with Crippen LogP contribution < -0.4 is 10.9 Å². The van der Waals surface area contributed by atoms with Gasteiger partial charge in [0.05, 0.1) is 5.69 Å². The number of nitrogens with one attached hydrogen (secondary N) is 2. The number of hydrogen-bond donors (Lipinski definition) is 2. The fourth-order valence-electron chi connectivity index (χ4n) is 1.30. The Morgan fingerprint density at radius 1 is 1.57 bits per heavy atom. The highest BCUT2D eigenvalue weighted by molar-refractivity contribution is 5.02. The van der Waals surface area contributed by atoms with Gasteiger partial charge in [0.1, 0.15) is 5.82 Å². The maximum absolute atomic E-state index is 11.2. The van der Waals surface area contributed by atoms with Crippen molar-refractivity contribution < 1.29 is 0 Å². The molecule has 14 heavy (non-hydrogen) atoms. The fraction of sp³-hybridized carbons (Fsp3) is 0.600. The van der Waals surface area contributed by atoms with Gasteiger partial charge in [-0.2, -0.15) is 0 Å². The summed E-state index contributed by atoms with van der Waals surface area (Å²) in [5.41, 5.74) is 0.749. The molecule has 0 fully saturated rings. The van der Waals surface area contributed by atoms with Crippen molar-refractivity contribution in [3.05, 3.63) is 27.9 Å². The quantitative estimate of drug-likeness (QED) is 0.731. The third-order valence-electron chi connectivity index (χ3n) is 1.97. The second-order valence-corrected chi connectivity index (χ2v) is 3.32. The maximum Gasteiger partial charge on any atom is 0.251 e. The summed E-state index contributed by atoms with van der Waals surface area (Å²) in [6.45, 7) is 2.76. The molecule has 4 nitrogen and oxygen atoms in total. The summed E-state index contributed by atoms with van der Waals surface area (Å²) < 4.78 is 0. The van der Waals surface area contributed by atoms with Gasteiger partial charge < -0.3 is 10.3 Å². The zero-order chi connectivity index (χ0) is 10.4. The molecular weight excluding hydrogens is 178 g/mol. The molecule has 0 aliphatic heterocycles. The van der Waals surface area contributed by atoms with E-state index in [2.05, 4.69) is 22.2 Å². The summed E-state index contributed by atoms with van der Waals surface area (Å²) in [7, 11) is 1.84. The van der Waals surface area contributed by atoms with E-state index in [1.165, 1.54) is 6.07 Å². The van der Waals surface area contributed by atoms with E-state index >= 15 is 0 Å². The third kappa shape index (κ3) is 3.30. The summed E-state index contributed by atoms with van der Waals surface area (Å²) in [5.74, 6) is 0.796. The van der Waals surface area contributed by atoms with Crippen LogP contribution in [-0.2, 0) is 13.0 Å². The molecule has 0 unspecified atom stereocenters. The van der Waals surface area contributed by atoms with Gasteiger partial charge >= 0.3 is 0 Å². The molecule has 0 aliphatic carbocycles. The summed E-state index contributed by atoms with van der Waals surface area (Å²) in [6.07, 6.45) is 3.02. The summed E-state index contributed by atoms with van der Waals surface area (Å²) in [5, 5.41) is 2.98. The van der Waals surface area contributed by atoms with Gasteiger partial charge in [-0.15, -0.1) is 0 Å². The minimum Gasteiger partial charge on any atom is -0.314 e. The Labute approximate surface area is 83.8 Å². The molecule has 1 aromatic rings. The number of unbranched alkanes of at least 4 members (excludes halogenated alkanes) is 1. The van der Waals surface area contributed by atoms with Crippen molar-refractivity contribution in [3.63, 3.8) is 0 Å². The van der Waals surface area contributed by atoms with Crippen LogP contribution >= 0.6 is 0 Å². The average molecular weight is 195 g/mol. The van der Waals surface area contributed by atoms with Crippen LogP contribution in [0.25, 0.3) is 0 Å². The number of nitrogens with zero attached hydrogens (tertiary/aromatic N) is 1. The molecule has 1 heterocycles. The molecule has 0 amide bonds. The van der Waals surface area contributed by atoms with Crippen LogP contribution in [0.5, 0.6) is 0 Å². The normalized spacial score (nSPS) is 10.4. The Balaban J connectivity index is 2.78. The standard InChI is InChI=1S/C10H17N3O/c1-3-4-5-9-12-8(7-11-2)6-10(14)13-9/h6,11H,3-5,7H2,1-2H3,(H,12,13,14). The first kappa shape index (κ1) is 10.9. The third-order valence-corrected chi connectivity index (χ3v) is 1.97. The van der Waals surface area contributed by atoms with E-state index < -0.39 is 0 Å². The fourth-order valence-corrected chi connectivity index (χ4v) is 1.30. The Bertz CT molecular complexity index is 332. The van der Waals surface area contributed by atoms with Crippen molar-refractivity contribution in [2.75, 3.05) is 7.05 Å². The topological polar surface area (TPSA) is 57.8 Å². The van der Waals surface area contributed by atoms with Crippen LogP contribution in [-0.4, -0.2) is 17.0 Å². The molecule has 0 saturated heterocycles. The van der Waals surface area contributed by atoms with Crippen LogP contribution in [0.1, 0.15) is 31.3 Å². The van der Waals surface area contributed by atoms with Crippen molar-refractivity contribution in [3.8, 4) is 0 Å². The molecular formula is C10H17N3O. The highest BCUT2D eigenvalue weighted by atomic mass is 16.1. The first-order valence-corrected chi connectivity index (χ1v) is 5.00. The Morgan fingerprint density at radius 3 is 3.00 bits per heavy atom. The molecule has 0 aromatic carbocycles. The van der Waals surface area contributed by atoms with Crippen LogP contribution in [0.3, 0.4) is 0 Å². The largest absolute Gasteiger partial charge is 0.314 e. The summed E-state index contributed by atoms with van der Waals surface area (Å²) >= 11 is 0. The minimum absolute atomic E-state index is 0.0589. The Kier molecular flexibility index (Phi) is 4.32. The van der Waals surface area contributed by atoms with E-state index in [0.717, 1.165) is 30.8 Å². The van der Waals surface area contributed by atoms with Gasteiger partial charge in [-0.05, 0) is 13.5 Å². The summed E-state index contributed by atoms with van der Waals surface area (Å²) in [4.78, 5) is 18.3. The number of aromatic nitrogens is 2. The van der Waals surface area contributed by atoms with E-state index in [1.54, 1.807) is 0 Å². The SMILES string of the molecule is CCCCc1nc(CNC)cc(=O)[nH]1. The van der Waals surface area contributed by atoms with Gasteiger partial charge in [0.2, 0.25) is 0 Å². The highest BCUT2D eigenvalue weighted by Gasteiger charge is 1.99. The van der Waals surface area contributed by atoms with Gasteiger partial charge in [0, 0.05) is 19.0 Å². The molecule has 0 spiro atoms. The molecule has 0 bridgehead atoms. The van der Waals surface area contributed by atoms with E-state index in [1.807, 2.05) is 7.05 Å². The Hall–Kier alpha value is -1.16. The van der Waals surface area contributed by atoms with E-state index in [0.29, 0.717) is 6.54 Å². The smallest absolute Gasteiger partial charge is 0.251 e. The van der Waals surface area contributed by atoms with Gasteiger partial charge in [-0.25, -0.2) is 4.98 Å². The van der Waals surface area contributed by atoms with Gasteiger partial charge in [0.25, 0.3) is 5.56 Å². The van der Waals surface area contributed by atoms with Crippen molar-refractivity contribution in [2.45, 2.75) is 32.7 Å². The molecule has 0 atom stereocenters. The van der Waals surface area contributed by atoms with Crippen LogP contribution in [0.2, 0.25) is 0 Å². The van der Waals surface area contributed by atoms with Crippen LogP contribution in [0.15, 0.2) is 10.9 Å². The molecule has 78 valence electrons. The lowest BCUT2D eigenvalue weighted by molar-refractivity contribution is 0.719. The van der Waals surface area contributed by atoms with Crippen LogP contribution in [0, 0.1) is 0 Å². The number of aryl methyl sites for hydroxylation is 1. The lowest BCUT2D eigenvalue weighted by Crippen LogP contribution is -2.16. The van der Waals surface area contributed by atoms with E-state index in [-0.39, 0.29) is 5.56 Å². The van der Waals surface area contributed by atoms with Gasteiger partial charge in [0.15, 0.2) is 0 Å². The van der Waals surface area contributed by atoms with E-state index in [9.17, 15) is 4.79 Å². The van der Waals surface area contributed by atoms with Crippen molar-refractivity contribution >= 4 is 0 Å². The average Bonchev–Trinajstić information content (AvgIpc) is 2.14. The van der Waals surface area contributed by atoms with Crippen molar-refractivity contribution in [1.29, 1.82) is 0 Å². The van der Waals surface area contributed by atoms with Gasteiger partial charge in [-0.1, -0.05) is 13.3 Å². The zero-order valence-electron chi connectivity index (χ0n) is 8.76. The molecule has 1 aromatic heterocycles. The molecule has 0 saturated carbocycles. The predicted octanol–water partition coefficient (Wildman–Crippen LogP) is 0.832. The highest BCUT2D eigenvalue weighted by Crippen LogP contribution is 1.98. The first-order valence-electron chi connectivity index (χ1n) is 5.00. The minimum atomic E-state index is -0.0589. The second kappa shape index (κ2) is 5.54. The molecule has 2 N–H and O–H groups in total. The molecule has 0 radical (unpaired) electrons. The van der Waals surface area contributed by atoms with E-state index in [4.69, 9.17) is 0 Å². The zero-order valence-corrected chi connectivity index (χ0v) is 8.76. The number of H-pyrrole nitrogens is 1. The molecule has 1 rings (SSSR count). The van der Waals surface area contributed by atoms with Crippen molar-refractivity contribution in [1.82, 2.24) is 15.3 Å². The predicted molar refractivity (Wildman–Crippen MR) is 56.2 cm³/mol. The van der Waals surface area contributed by atoms with Crippen molar-refractivity contribution in [2.24, 2.45) is 0 Å². The maximum atomic E-state index is 11.2. The molecule has 4 heteroatoms. The van der Waals surface area contributed by atoms with Gasteiger partial charge in [-0.3, -0.25) is 4.79 Å². The lowest BCUT2D eigenvalue weighted by atomic mass is 10.2.